The molecule has 0 saturated carbocycles. The lowest BCUT2D eigenvalue weighted by Gasteiger charge is -2.36. The van der Waals surface area contributed by atoms with Gasteiger partial charge in [0.1, 0.15) is 6.04 Å². The van der Waals surface area contributed by atoms with Gasteiger partial charge in [0.05, 0.1) is 11.6 Å². The smallest absolute Gasteiger partial charge is 0.330 e. The number of nitrogens with zero attached hydrogens (tertiary/aromatic N) is 2. The van der Waals surface area contributed by atoms with Crippen LogP contribution in [0, 0.1) is 5.92 Å². The van der Waals surface area contributed by atoms with Crippen LogP contribution in [0.3, 0.4) is 0 Å². The van der Waals surface area contributed by atoms with E-state index in [9.17, 15) is 14.4 Å². The van der Waals surface area contributed by atoms with E-state index in [-0.39, 0.29) is 29.3 Å². The van der Waals surface area contributed by atoms with Crippen LogP contribution in [0.25, 0.3) is 5.69 Å². The number of aromatic nitrogens is 2. The molecule has 9 heteroatoms. The number of hydrogen-bond acceptors (Lipinski definition) is 4. The lowest BCUT2D eigenvalue weighted by molar-refractivity contribution is -0.138. The summed E-state index contributed by atoms with van der Waals surface area (Å²) < 4.78 is 1.62. The zero-order valence-corrected chi connectivity index (χ0v) is 20.7. The van der Waals surface area contributed by atoms with E-state index in [0.29, 0.717) is 37.6 Å². The van der Waals surface area contributed by atoms with Gasteiger partial charge in [0, 0.05) is 50.0 Å². The van der Waals surface area contributed by atoms with Gasteiger partial charge in [0.15, 0.2) is 0 Å². The Morgan fingerprint density at radius 3 is 2.42 bits per heavy atom. The molecule has 3 N–H and O–H groups in total. The minimum absolute atomic E-state index is 0.0563. The Hall–Kier alpha value is -3.36. The summed E-state index contributed by atoms with van der Waals surface area (Å²) >= 11 is 6.03. The van der Waals surface area contributed by atoms with E-state index < -0.39 is 6.04 Å². The van der Waals surface area contributed by atoms with Gasteiger partial charge in [-0.25, -0.2) is 4.79 Å². The van der Waals surface area contributed by atoms with Gasteiger partial charge in [-0.1, -0.05) is 41.9 Å². The Labute approximate surface area is 214 Å². The molecule has 188 valence electrons. The first-order valence-corrected chi connectivity index (χ1v) is 12.8. The molecule has 2 amide bonds. The average Bonchev–Trinajstić information content (AvgIpc) is 3.29. The maximum atomic E-state index is 13.6. The van der Waals surface area contributed by atoms with Gasteiger partial charge in [0.2, 0.25) is 11.8 Å². The molecule has 0 spiro atoms. The highest BCUT2D eigenvalue weighted by Gasteiger charge is 2.33. The van der Waals surface area contributed by atoms with Crippen LogP contribution in [0.5, 0.6) is 0 Å². The third-order valence-electron chi connectivity index (χ3n) is 7.21. The third-order valence-corrected chi connectivity index (χ3v) is 7.46. The summed E-state index contributed by atoms with van der Waals surface area (Å²) in [6, 6.07) is 14.7. The van der Waals surface area contributed by atoms with E-state index in [1.165, 1.54) is 0 Å². The zero-order chi connectivity index (χ0) is 25.1. The molecule has 0 unspecified atom stereocenters. The largest absolute Gasteiger partial charge is 0.344 e. The summed E-state index contributed by atoms with van der Waals surface area (Å²) in [6.07, 6.45) is 5.36. The fourth-order valence-electron chi connectivity index (χ4n) is 5.01. The molecule has 0 aliphatic carbocycles. The molecule has 2 saturated heterocycles. The molecule has 3 aromatic rings. The topological polar surface area (TPSA) is 99.2 Å². The Balaban J connectivity index is 1.28. The normalized spacial score (nSPS) is 17.4. The number of para-hydroxylation sites is 1. The number of likely N-dealkylation sites (tertiary alicyclic amines) is 1. The molecule has 2 aliphatic heterocycles. The molecule has 2 aliphatic rings. The van der Waals surface area contributed by atoms with Gasteiger partial charge in [0.25, 0.3) is 0 Å². The lowest BCUT2D eigenvalue weighted by atomic mass is 9.87. The van der Waals surface area contributed by atoms with Crippen molar-refractivity contribution in [1.82, 2.24) is 25.1 Å². The van der Waals surface area contributed by atoms with E-state index in [1.807, 2.05) is 35.2 Å². The van der Waals surface area contributed by atoms with Crippen molar-refractivity contribution in [3.05, 3.63) is 87.6 Å². The number of piperidine rings is 1. The van der Waals surface area contributed by atoms with Crippen LogP contribution >= 0.6 is 11.6 Å². The highest BCUT2D eigenvalue weighted by Crippen LogP contribution is 2.32. The highest BCUT2D eigenvalue weighted by molar-refractivity contribution is 6.30. The Kier molecular flexibility index (Phi) is 7.25. The molecule has 1 atom stereocenters. The number of carbonyl (C=O) groups is 2. The molecule has 1 aromatic heterocycles. The van der Waals surface area contributed by atoms with Crippen molar-refractivity contribution in [2.45, 2.75) is 31.2 Å². The van der Waals surface area contributed by atoms with E-state index >= 15 is 0 Å². The second-order valence-corrected chi connectivity index (χ2v) is 9.98. The standard InChI is InChI=1S/C27H30ClN5O3/c28-21-7-5-18(6-8-21)15-23(31-25(34)20-16-29-17-20)26(35)32-12-9-19(10-13-32)22-3-1-2-4-24(22)33-14-11-30-27(33)36/h1-8,11,14,19-20,23,29H,9-10,12-13,15-17H2,(H,30,36)(H,31,34)/t23-/m1/s1. The summed E-state index contributed by atoms with van der Waals surface area (Å²) in [5, 5.41) is 6.75. The number of H-pyrrole nitrogens is 1. The van der Waals surface area contributed by atoms with Gasteiger partial charge >= 0.3 is 5.69 Å². The van der Waals surface area contributed by atoms with Crippen molar-refractivity contribution >= 4 is 23.4 Å². The minimum atomic E-state index is -0.624. The molecule has 2 fully saturated rings. The summed E-state index contributed by atoms with van der Waals surface area (Å²) in [7, 11) is 0. The van der Waals surface area contributed by atoms with Crippen LogP contribution in [0.15, 0.2) is 65.7 Å². The van der Waals surface area contributed by atoms with Crippen LogP contribution in [0.4, 0.5) is 0 Å². The van der Waals surface area contributed by atoms with Crippen LogP contribution in [0.1, 0.15) is 29.9 Å². The minimum Gasteiger partial charge on any atom is -0.344 e. The quantitative estimate of drug-likeness (QED) is 0.457. The molecule has 2 aromatic carbocycles. The van der Waals surface area contributed by atoms with Crippen molar-refractivity contribution in [2.24, 2.45) is 5.92 Å². The zero-order valence-electron chi connectivity index (χ0n) is 20.0. The number of aromatic amines is 1. The summed E-state index contributed by atoms with van der Waals surface area (Å²) in [5.41, 5.74) is 2.76. The number of imidazole rings is 1. The first-order valence-electron chi connectivity index (χ1n) is 12.4. The van der Waals surface area contributed by atoms with Crippen LogP contribution in [-0.4, -0.2) is 58.5 Å². The van der Waals surface area contributed by atoms with Crippen molar-refractivity contribution in [3.8, 4) is 5.69 Å². The fraction of sp³-hybridized carbons (Fsp3) is 0.370. The van der Waals surface area contributed by atoms with Gasteiger partial charge in [-0.15, -0.1) is 0 Å². The Bertz CT molecular complexity index is 1270. The molecule has 36 heavy (non-hydrogen) atoms. The number of nitrogens with one attached hydrogen (secondary N) is 3. The van der Waals surface area contributed by atoms with E-state index in [2.05, 4.69) is 21.7 Å². The average molecular weight is 508 g/mol. The van der Waals surface area contributed by atoms with Crippen LogP contribution in [-0.2, 0) is 16.0 Å². The van der Waals surface area contributed by atoms with E-state index in [4.69, 9.17) is 11.6 Å². The van der Waals surface area contributed by atoms with E-state index in [0.717, 1.165) is 29.7 Å². The Morgan fingerprint density at radius 2 is 1.78 bits per heavy atom. The van der Waals surface area contributed by atoms with Crippen molar-refractivity contribution in [1.29, 1.82) is 0 Å². The number of benzene rings is 2. The predicted octanol–water partition coefficient (Wildman–Crippen LogP) is 2.47. The highest BCUT2D eigenvalue weighted by atomic mass is 35.5. The second kappa shape index (κ2) is 10.7. The number of hydrogen-bond donors (Lipinski definition) is 3. The summed E-state index contributed by atoms with van der Waals surface area (Å²) in [5.74, 6) is 0.00277. The maximum absolute atomic E-state index is 13.6. The first kappa shape index (κ1) is 24.3. The molecular weight excluding hydrogens is 478 g/mol. The lowest BCUT2D eigenvalue weighted by Crippen LogP contribution is -2.57. The predicted molar refractivity (Wildman–Crippen MR) is 138 cm³/mol. The van der Waals surface area contributed by atoms with Gasteiger partial charge < -0.3 is 20.5 Å². The first-order chi connectivity index (χ1) is 17.5. The number of amides is 2. The fourth-order valence-corrected chi connectivity index (χ4v) is 5.14. The summed E-state index contributed by atoms with van der Waals surface area (Å²) in [4.78, 5) is 43.1. The molecule has 3 heterocycles. The number of carbonyl (C=O) groups excluding carboxylic acids is 2. The molecule has 0 radical (unpaired) electrons. The van der Waals surface area contributed by atoms with Gasteiger partial charge in [-0.3, -0.25) is 14.2 Å². The Morgan fingerprint density at radius 1 is 1.06 bits per heavy atom. The molecule has 0 bridgehead atoms. The van der Waals surface area contributed by atoms with Crippen molar-refractivity contribution < 1.29 is 9.59 Å². The number of halogens is 1. The monoisotopic (exact) mass is 507 g/mol. The van der Waals surface area contributed by atoms with Gasteiger partial charge in [-0.2, -0.15) is 0 Å². The maximum Gasteiger partial charge on any atom is 0.330 e. The molecule has 5 rings (SSSR count). The molecular formula is C27H30ClN5O3. The van der Waals surface area contributed by atoms with Crippen LogP contribution < -0.4 is 16.3 Å². The SMILES string of the molecule is O=C(N[C@H](Cc1ccc(Cl)cc1)C(=O)N1CCC(c2ccccc2-n2cc[nH]c2=O)CC1)C1CNC1. The second-order valence-electron chi connectivity index (χ2n) is 9.54. The van der Waals surface area contributed by atoms with Crippen molar-refractivity contribution in [2.75, 3.05) is 26.2 Å². The third kappa shape index (κ3) is 5.24. The van der Waals surface area contributed by atoms with Crippen LogP contribution in [0.2, 0.25) is 5.02 Å². The van der Waals surface area contributed by atoms with Crippen molar-refractivity contribution in [3.63, 3.8) is 0 Å². The summed E-state index contributed by atoms with van der Waals surface area (Å²) in [6.45, 7) is 2.47. The van der Waals surface area contributed by atoms with Gasteiger partial charge in [-0.05, 0) is 48.1 Å². The molecule has 8 nitrogen and oxygen atoms in total. The van der Waals surface area contributed by atoms with E-state index in [1.54, 1.807) is 29.1 Å². The number of rotatable bonds is 7.